The largest absolute Gasteiger partial charge is 0.323 e. The molecule has 5 heteroatoms. The minimum absolute atomic E-state index is 0.135. The van der Waals surface area contributed by atoms with Crippen LogP contribution in [0.2, 0.25) is 0 Å². The number of hydrogen-bond acceptors (Lipinski definition) is 2. The van der Waals surface area contributed by atoms with Crippen LogP contribution >= 0.6 is 0 Å². The predicted molar refractivity (Wildman–Crippen MR) is 172 cm³/mol. The Hall–Kier alpha value is -5.81. The van der Waals surface area contributed by atoms with Gasteiger partial charge in [-0.3, -0.25) is 5.41 Å². The molecule has 0 unspecified atom stereocenters. The first kappa shape index (κ1) is 24.0. The van der Waals surface area contributed by atoms with E-state index >= 15 is 0 Å². The van der Waals surface area contributed by atoms with E-state index in [4.69, 9.17) is 9.98 Å². The molecule has 6 aromatic carbocycles. The van der Waals surface area contributed by atoms with Crippen molar-refractivity contribution in [3.8, 4) is 16.9 Å². The Morgan fingerprint density at radius 1 is 0.619 bits per heavy atom. The maximum absolute atomic E-state index is 9.20. The molecule has 8 rings (SSSR count). The van der Waals surface area contributed by atoms with Crippen LogP contribution in [0.4, 0.5) is 0 Å². The first-order valence-electron chi connectivity index (χ1n) is 13.9. The molecule has 0 aliphatic rings. The summed E-state index contributed by atoms with van der Waals surface area (Å²) in [7, 11) is 0. The van der Waals surface area contributed by atoms with Crippen molar-refractivity contribution in [2.45, 2.75) is 0 Å². The zero-order valence-corrected chi connectivity index (χ0v) is 22.6. The number of hydrogen-bond donors (Lipinski definition) is 2. The van der Waals surface area contributed by atoms with Crippen LogP contribution in [-0.4, -0.2) is 20.4 Å². The second-order valence-corrected chi connectivity index (χ2v) is 10.3. The number of para-hydroxylation sites is 3. The Labute approximate surface area is 241 Å². The maximum Gasteiger partial charge on any atom is 0.229 e. The molecule has 42 heavy (non-hydrogen) atoms. The van der Waals surface area contributed by atoms with Crippen molar-refractivity contribution in [3.05, 3.63) is 151 Å². The Balaban J connectivity index is 1.35. The second kappa shape index (κ2) is 9.68. The van der Waals surface area contributed by atoms with Gasteiger partial charge in [0.2, 0.25) is 5.62 Å². The number of H-pyrrole nitrogens is 1. The van der Waals surface area contributed by atoms with Crippen LogP contribution in [0, 0.1) is 5.41 Å². The smallest absolute Gasteiger partial charge is 0.229 e. The van der Waals surface area contributed by atoms with Crippen LogP contribution < -0.4 is 5.62 Å². The third kappa shape index (κ3) is 3.83. The molecule has 0 saturated heterocycles. The number of amidine groups is 1. The molecule has 0 atom stereocenters. The van der Waals surface area contributed by atoms with Gasteiger partial charge >= 0.3 is 0 Å². The quantitative estimate of drug-likeness (QED) is 0.172. The highest BCUT2D eigenvalue weighted by Crippen LogP contribution is 2.37. The lowest BCUT2D eigenvalue weighted by molar-refractivity contribution is 1.05. The summed E-state index contributed by atoms with van der Waals surface area (Å²) in [4.78, 5) is 13.0. The van der Waals surface area contributed by atoms with E-state index in [1.807, 2.05) is 66.7 Å². The molecule has 0 aliphatic heterocycles. The van der Waals surface area contributed by atoms with Gasteiger partial charge in [-0.15, -0.1) is 0 Å². The summed E-state index contributed by atoms with van der Waals surface area (Å²) < 4.78 is 2.25. The van der Waals surface area contributed by atoms with Gasteiger partial charge in [-0.2, -0.15) is 4.99 Å². The zero-order valence-electron chi connectivity index (χ0n) is 22.6. The van der Waals surface area contributed by atoms with Gasteiger partial charge in [0.05, 0.1) is 27.9 Å². The van der Waals surface area contributed by atoms with Gasteiger partial charge in [0.15, 0.2) is 5.84 Å². The average Bonchev–Trinajstić information content (AvgIpc) is 3.39. The minimum atomic E-state index is 0.135. The molecule has 0 amide bonds. The van der Waals surface area contributed by atoms with E-state index in [0.29, 0.717) is 5.62 Å². The summed E-state index contributed by atoms with van der Waals surface area (Å²) in [5.74, 6) is 0.135. The van der Waals surface area contributed by atoms with Crippen molar-refractivity contribution < 1.29 is 0 Å². The molecule has 0 aliphatic carbocycles. The van der Waals surface area contributed by atoms with E-state index in [1.54, 1.807) is 0 Å². The van der Waals surface area contributed by atoms with E-state index < -0.39 is 0 Å². The number of fused-ring (bicyclic) bond motifs is 6. The van der Waals surface area contributed by atoms with E-state index in [-0.39, 0.29) is 5.84 Å². The molecular weight excluding hydrogens is 514 g/mol. The van der Waals surface area contributed by atoms with E-state index in [2.05, 4.69) is 82.3 Å². The lowest BCUT2D eigenvalue weighted by Gasteiger charge is -2.13. The van der Waals surface area contributed by atoms with Gasteiger partial charge in [0.1, 0.15) is 0 Å². The van der Waals surface area contributed by atoms with E-state index in [9.17, 15) is 5.41 Å². The van der Waals surface area contributed by atoms with Crippen molar-refractivity contribution >= 4 is 49.3 Å². The van der Waals surface area contributed by atoms with Crippen molar-refractivity contribution in [2.24, 2.45) is 4.99 Å². The summed E-state index contributed by atoms with van der Waals surface area (Å²) in [6, 6.07) is 47.5. The van der Waals surface area contributed by atoms with E-state index in [0.717, 1.165) is 44.4 Å². The molecule has 8 aromatic rings. The number of aromatic amines is 1. The highest BCUT2D eigenvalue weighted by Gasteiger charge is 2.18. The summed E-state index contributed by atoms with van der Waals surface area (Å²) in [6.07, 6.45) is 0. The molecule has 0 fully saturated rings. The molecule has 5 nitrogen and oxygen atoms in total. The van der Waals surface area contributed by atoms with Crippen LogP contribution in [0.25, 0.3) is 60.4 Å². The predicted octanol–water partition coefficient (Wildman–Crippen LogP) is 8.41. The molecular formula is C37H25N5. The summed E-state index contributed by atoms with van der Waals surface area (Å²) >= 11 is 0. The van der Waals surface area contributed by atoms with Crippen molar-refractivity contribution in [2.75, 3.05) is 0 Å². The first-order chi connectivity index (χ1) is 20.8. The standard InChI is InChI=1S/C37H25N5/c38-36(41-37-39-30-19-9-6-16-27(30)35(40-37)25-13-2-1-3-14-25)29-18-8-11-21-32(29)42-31-20-10-7-17-28(31)34-26-15-5-4-12-24(26)22-23-33(34)42/h1-23H,(H2,38,39,40,41). The molecule has 0 bridgehead atoms. The maximum atomic E-state index is 9.20. The highest BCUT2D eigenvalue weighted by atomic mass is 15.0. The molecule has 2 heterocycles. The summed E-state index contributed by atoms with van der Waals surface area (Å²) in [5.41, 5.74) is 6.95. The zero-order chi connectivity index (χ0) is 28.0. The lowest BCUT2D eigenvalue weighted by atomic mass is 10.0. The SMILES string of the molecule is N=C(N=c1nc(-c2ccccc2)c2ccccc2[nH]1)c1ccccc1-n1c2ccccc2c2c3ccccc3ccc21. The number of nitrogens with one attached hydrogen (secondary N) is 2. The third-order valence-electron chi connectivity index (χ3n) is 7.87. The molecule has 198 valence electrons. The van der Waals surface area contributed by atoms with Gasteiger partial charge < -0.3 is 9.55 Å². The van der Waals surface area contributed by atoms with Crippen LogP contribution in [0.3, 0.4) is 0 Å². The normalized spacial score (nSPS) is 12.0. The van der Waals surface area contributed by atoms with Gasteiger partial charge in [-0.1, -0.05) is 109 Å². The Morgan fingerprint density at radius 3 is 2.19 bits per heavy atom. The Bertz CT molecular complexity index is 2380. The first-order valence-corrected chi connectivity index (χ1v) is 13.9. The Morgan fingerprint density at radius 2 is 1.31 bits per heavy atom. The molecule has 0 spiro atoms. The van der Waals surface area contributed by atoms with E-state index in [1.165, 1.54) is 21.5 Å². The molecule has 2 aromatic heterocycles. The number of benzene rings is 6. The monoisotopic (exact) mass is 539 g/mol. The molecule has 2 N–H and O–H groups in total. The summed E-state index contributed by atoms with van der Waals surface area (Å²) in [6.45, 7) is 0. The number of aromatic nitrogens is 3. The van der Waals surface area contributed by atoms with Gasteiger partial charge in [0.25, 0.3) is 0 Å². The van der Waals surface area contributed by atoms with Crippen LogP contribution in [0.5, 0.6) is 0 Å². The second-order valence-electron chi connectivity index (χ2n) is 10.3. The Kier molecular flexibility index (Phi) is 5.54. The average molecular weight is 540 g/mol. The van der Waals surface area contributed by atoms with Crippen molar-refractivity contribution in [1.82, 2.24) is 14.5 Å². The van der Waals surface area contributed by atoms with Crippen LogP contribution in [0.15, 0.2) is 145 Å². The number of rotatable bonds is 3. The van der Waals surface area contributed by atoms with Gasteiger partial charge in [-0.05, 0) is 41.1 Å². The van der Waals surface area contributed by atoms with Gasteiger partial charge in [0, 0.05) is 27.3 Å². The highest BCUT2D eigenvalue weighted by molar-refractivity contribution is 6.21. The van der Waals surface area contributed by atoms with Crippen molar-refractivity contribution in [3.63, 3.8) is 0 Å². The molecule has 0 saturated carbocycles. The lowest BCUT2D eigenvalue weighted by Crippen LogP contribution is -2.17. The fraction of sp³-hybridized carbons (Fsp3) is 0. The topological polar surface area (TPSA) is 69.8 Å². The fourth-order valence-electron chi connectivity index (χ4n) is 6.02. The molecule has 0 radical (unpaired) electrons. The van der Waals surface area contributed by atoms with Crippen LogP contribution in [-0.2, 0) is 0 Å². The third-order valence-corrected chi connectivity index (χ3v) is 7.87. The number of nitrogens with zero attached hydrogens (tertiary/aromatic N) is 3. The fourth-order valence-corrected chi connectivity index (χ4v) is 6.02. The van der Waals surface area contributed by atoms with Gasteiger partial charge in [-0.25, -0.2) is 4.98 Å². The minimum Gasteiger partial charge on any atom is -0.323 e. The van der Waals surface area contributed by atoms with Crippen molar-refractivity contribution in [1.29, 1.82) is 5.41 Å². The van der Waals surface area contributed by atoms with Crippen LogP contribution in [0.1, 0.15) is 5.56 Å². The summed E-state index contributed by atoms with van der Waals surface area (Å²) in [5, 5.41) is 15.0.